The molecule has 0 bridgehead atoms. The molecular formula is C16H11Cl2N3OS. The Kier molecular flexibility index (Phi) is 4.91. The highest BCUT2D eigenvalue weighted by atomic mass is 35.5. The lowest BCUT2D eigenvalue weighted by Crippen LogP contribution is -2.11. The summed E-state index contributed by atoms with van der Waals surface area (Å²) in [5, 5.41) is 12.8. The Bertz CT molecular complexity index is 836. The van der Waals surface area contributed by atoms with Gasteiger partial charge in [-0.15, -0.1) is 10.2 Å². The van der Waals surface area contributed by atoms with Gasteiger partial charge in [0.2, 0.25) is 5.13 Å². The summed E-state index contributed by atoms with van der Waals surface area (Å²) in [7, 11) is 0. The molecule has 0 atom stereocenters. The van der Waals surface area contributed by atoms with Crippen molar-refractivity contribution in [2.24, 2.45) is 0 Å². The van der Waals surface area contributed by atoms with Gasteiger partial charge in [-0.05, 0) is 23.8 Å². The monoisotopic (exact) mass is 363 g/mol. The van der Waals surface area contributed by atoms with E-state index in [-0.39, 0.29) is 5.91 Å². The Morgan fingerprint density at radius 3 is 2.57 bits per heavy atom. The Hall–Kier alpha value is -1.95. The molecule has 0 spiro atoms. The molecule has 0 aliphatic carbocycles. The molecule has 0 radical (unpaired) electrons. The van der Waals surface area contributed by atoms with Crippen molar-refractivity contribution in [3.63, 3.8) is 0 Å². The smallest absolute Gasteiger partial charge is 0.257 e. The van der Waals surface area contributed by atoms with Gasteiger partial charge in [-0.2, -0.15) is 0 Å². The molecule has 23 heavy (non-hydrogen) atoms. The predicted molar refractivity (Wildman–Crippen MR) is 93.6 cm³/mol. The van der Waals surface area contributed by atoms with Crippen LogP contribution >= 0.6 is 34.5 Å². The lowest BCUT2D eigenvalue weighted by Gasteiger charge is -2.02. The van der Waals surface area contributed by atoms with E-state index >= 15 is 0 Å². The largest absolute Gasteiger partial charge is 0.296 e. The summed E-state index contributed by atoms with van der Waals surface area (Å²) in [5.74, 6) is -0.300. The molecule has 4 nitrogen and oxygen atoms in total. The normalized spacial score (nSPS) is 10.5. The first kappa shape index (κ1) is 15.9. The number of nitrogens with one attached hydrogen (secondary N) is 1. The number of amides is 1. The molecule has 116 valence electrons. The van der Waals surface area contributed by atoms with E-state index in [9.17, 15) is 4.79 Å². The molecule has 0 saturated carbocycles. The van der Waals surface area contributed by atoms with Crippen LogP contribution in [0.4, 0.5) is 5.13 Å². The number of rotatable bonds is 4. The minimum Gasteiger partial charge on any atom is -0.296 e. The Morgan fingerprint density at radius 1 is 1.04 bits per heavy atom. The van der Waals surface area contributed by atoms with Crippen LogP contribution < -0.4 is 5.32 Å². The van der Waals surface area contributed by atoms with E-state index in [1.165, 1.54) is 17.4 Å². The highest BCUT2D eigenvalue weighted by Crippen LogP contribution is 2.24. The van der Waals surface area contributed by atoms with E-state index < -0.39 is 0 Å². The molecule has 3 rings (SSSR count). The fourth-order valence-electron chi connectivity index (χ4n) is 1.95. The molecular weight excluding hydrogens is 353 g/mol. The van der Waals surface area contributed by atoms with Crippen molar-refractivity contribution in [3.8, 4) is 0 Å². The third-order valence-electron chi connectivity index (χ3n) is 3.07. The third-order valence-corrected chi connectivity index (χ3v) is 4.64. The second-order valence-electron chi connectivity index (χ2n) is 4.75. The summed E-state index contributed by atoms with van der Waals surface area (Å²) >= 11 is 13.1. The molecule has 0 fully saturated rings. The number of hydrogen-bond acceptors (Lipinski definition) is 4. The maximum atomic E-state index is 12.2. The van der Waals surface area contributed by atoms with E-state index in [2.05, 4.69) is 15.5 Å². The van der Waals surface area contributed by atoms with E-state index in [0.717, 1.165) is 10.6 Å². The fourth-order valence-corrected chi connectivity index (χ4v) is 3.02. The quantitative estimate of drug-likeness (QED) is 0.731. The first-order valence-electron chi connectivity index (χ1n) is 6.74. The summed E-state index contributed by atoms with van der Waals surface area (Å²) in [6, 6.07) is 14.7. The van der Waals surface area contributed by atoms with Gasteiger partial charge in [-0.1, -0.05) is 64.9 Å². The van der Waals surface area contributed by atoms with E-state index in [0.29, 0.717) is 27.2 Å². The van der Waals surface area contributed by atoms with Crippen molar-refractivity contribution in [2.45, 2.75) is 6.42 Å². The van der Waals surface area contributed by atoms with Crippen molar-refractivity contribution in [1.29, 1.82) is 0 Å². The van der Waals surface area contributed by atoms with Crippen molar-refractivity contribution < 1.29 is 4.79 Å². The van der Waals surface area contributed by atoms with Crippen LogP contribution in [-0.2, 0) is 6.42 Å². The van der Waals surface area contributed by atoms with Crippen LogP contribution in [0.3, 0.4) is 0 Å². The van der Waals surface area contributed by atoms with Gasteiger partial charge in [0, 0.05) is 12.0 Å². The Balaban J connectivity index is 1.68. The molecule has 1 N–H and O–H groups in total. The van der Waals surface area contributed by atoms with Crippen LogP contribution in [0.5, 0.6) is 0 Å². The molecule has 3 aromatic rings. The van der Waals surface area contributed by atoms with Crippen LogP contribution in [-0.4, -0.2) is 16.1 Å². The van der Waals surface area contributed by atoms with Gasteiger partial charge in [0.25, 0.3) is 5.91 Å². The number of carbonyl (C=O) groups is 1. The van der Waals surface area contributed by atoms with Gasteiger partial charge >= 0.3 is 0 Å². The summed E-state index contributed by atoms with van der Waals surface area (Å²) in [6.45, 7) is 0. The molecule has 1 heterocycles. The zero-order valence-corrected chi connectivity index (χ0v) is 14.1. The number of anilines is 1. The van der Waals surface area contributed by atoms with Crippen LogP contribution in [0, 0.1) is 0 Å². The van der Waals surface area contributed by atoms with Crippen LogP contribution in [0.1, 0.15) is 20.9 Å². The summed E-state index contributed by atoms with van der Waals surface area (Å²) < 4.78 is 0. The molecule has 0 saturated heterocycles. The Morgan fingerprint density at radius 2 is 1.83 bits per heavy atom. The van der Waals surface area contributed by atoms with Crippen LogP contribution in [0.25, 0.3) is 0 Å². The summed E-state index contributed by atoms with van der Waals surface area (Å²) in [6.07, 6.45) is 0.682. The van der Waals surface area contributed by atoms with Gasteiger partial charge in [-0.25, -0.2) is 0 Å². The van der Waals surface area contributed by atoms with E-state index in [4.69, 9.17) is 23.2 Å². The maximum Gasteiger partial charge on any atom is 0.257 e. The zero-order chi connectivity index (χ0) is 16.2. The van der Waals surface area contributed by atoms with Crippen molar-refractivity contribution in [3.05, 3.63) is 74.7 Å². The highest BCUT2D eigenvalue weighted by Gasteiger charge is 2.12. The first-order valence-corrected chi connectivity index (χ1v) is 8.32. The molecule has 0 unspecified atom stereocenters. The molecule has 0 aliphatic rings. The van der Waals surface area contributed by atoms with Crippen molar-refractivity contribution in [1.82, 2.24) is 10.2 Å². The Labute approximate surface area is 147 Å². The van der Waals surface area contributed by atoms with Gasteiger partial charge in [0.15, 0.2) is 0 Å². The van der Waals surface area contributed by atoms with Crippen LogP contribution in [0.15, 0.2) is 48.5 Å². The number of halogens is 2. The second kappa shape index (κ2) is 7.08. The highest BCUT2D eigenvalue weighted by molar-refractivity contribution is 7.15. The minimum absolute atomic E-state index is 0.300. The number of aromatic nitrogens is 2. The standard InChI is InChI=1S/C16H11Cl2N3OS/c17-12-7-6-11(9-13(12)18)15(22)19-16-21-20-14(23-16)8-10-4-2-1-3-5-10/h1-7,9H,8H2,(H,19,21,22). The SMILES string of the molecule is O=C(Nc1nnc(Cc2ccccc2)s1)c1ccc(Cl)c(Cl)c1. The molecule has 7 heteroatoms. The lowest BCUT2D eigenvalue weighted by molar-refractivity contribution is 0.102. The molecule has 2 aromatic carbocycles. The molecule has 0 aliphatic heterocycles. The van der Waals surface area contributed by atoms with E-state index in [1.54, 1.807) is 12.1 Å². The van der Waals surface area contributed by atoms with Gasteiger partial charge < -0.3 is 0 Å². The van der Waals surface area contributed by atoms with E-state index in [1.807, 2.05) is 30.3 Å². The number of nitrogens with zero attached hydrogens (tertiary/aromatic N) is 2. The van der Waals surface area contributed by atoms with Gasteiger partial charge in [0.05, 0.1) is 10.0 Å². The van der Waals surface area contributed by atoms with Crippen molar-refractivity contribution >= 4 is 45.6 Å². The average molecular weight is 364 g/mol. The fraction of sp³-hybridized carbons (Fsp3) is 0.0625. The number of carbonyl (C=O) groups excluding carboxylic acids is 1. The average Bonchev–Trinajstić information content (AvgIpc) is 2.98. The summed E-state index contributed by atoms with van der Waals surface area (Å²) in [4.78, 5) is 12.2. The van der Waals surface area contributed by atoms with Gasteiger partial charge in [0.1, 0.15) is 5.01 Å². The van der Waals surface area contributed by atoms with Crippen LogP contribution in [0.2, 0.25) is 10.0 Å². The first-order chi connectivity index (χ1) is 11.1. The van der Waals surface area contributed by atoms with Crippen molar-refractivity contribution in [2.75, 3.05) is 5.32 Å². The maximum absolute atomic E-state index is 12.2. The minimum atomic E-state index is -0.300. The topological polar surface area (TPSA) is 54.9 Å². The summed E-state index contributed by atoms with van der Waals surface area (Å²) in [5.41, 5.74) is 1.56. The predicted octanol–water partition coefficient (Wildman–Crippen LogP) is 4.69. The number of hydrogen-bond donors (Lipinski definition) is 1. The third kappa shape index (κ3) is 4.07. The molecule has 1 aromatic heterocycles. The second-order valence-corrected chi connectivity index (χ2v) is 6.62. The zero-order valence-electron chi connectivity index (χ0n) is 11.8. The van der Waals surface area contributed by atoms with Gasteiger partial charge in [-0.3, -0.25) is 10.1 Å². The lowest BCUT2D eigenvalue weighted by atomic mass is 10.2. The molecule has 1 amide bonds. The number of benzene rings is 2.